The Morgan fingerprint density at radius 3 is 2.50 bits per heavy atom. The summed E-state index contributed by atoms with van der Waals surface area (Å²) in [7, 11) is -3.21. The van der Waals surface area contributed by atoms with Crippen molar-refractivity contribution < 1.29 is 8.42 Å². The first-order valence-corrected chi connectivity index (χ1v) is 10.4. The SMILES string of the molecule is CCc1cnn2c(Nc3ccc(S(C)(=O)=O)cc3)nc(SC)nc12. The molecule has 1 N–H and O–H groups in total. The second-order valence-corrected chi connectivity index (χ2v) is 8.00. The number of hydrogen-bond donors (Lipinski definition) is 1. The van der Waals surface area contributed by atoms with Crippen LogP contribution in [-0.4, -0.2) is 40.5 Å². The lowest BCUT2D eigenvalue weighted by molar-refractivity contribution is 0.602. The molecule has 9 heteroatoms. The van der Waals surface area contributed by atoms with E-state index in [1.807, 2.05) is 6.26 Å². The fourth-order valence-corrected chi connectivity index (χ4v) is 3.23. The minimum Gasteiger partial charge on any atom is -0.324 e. The topological polar surface area (TPSA) is 89.2 Å². The van der Waals surface area contributed by atoms with Crippen LogP contribution in [0.2, 0.25) is 0 Å². The van der Waals surface area contributed by atoms with Gasteiger partial charge in [-0.15, -0.1) is 0 Å². The molecule has 0 fully saturated rings. The molecule has 3 rings (SSSR count). The van der Waals surface area contributed by atoms with Crippen LogP contribution < -0.4 is 5.32 Å². The van der Waals surface area contributed by atoms with Crippen LogP contribution in [0.3, 0.4) is 0 Å². The number of aromatic nitrogens is 4. The molecule has 0 radical (unpaired) electrons. The first-order chi connectivity index (χ1) is 11.4. The number of hydrogen-bond acceptors (Lipinski definition) is 7. The van der Waals surface area contributed by atoms with Gasteiger partial charge >= 0.3 is 0 Å². The molecular weight excluding hydrogens is 346 g/mol. The highest BCUT2D eigenvalue weighted by Gasteiger charge is 2.13. The van der Waals surface area contributed by atoms with E-state index >= 15 is 0 Å². The molecule has 0 bridgehead atoms. The van der Waals surface area contributed by atoms with Crippen LogP contribution in [0.25, 0.3) is 5.65 Å². The number of rotatable bonds is 5. The normalized spacial score (nSPS) is 11.8. The Kier molecular flexibility index (Phi) is 4.46. The standard InChI is InChI=1S/C15H17N5O2S2/c1-4-10-9-16-20-13(10)18-15(23-2)19-14(20)17-11-5-7-12(8-6-11)24(3,21)22/h5-9H,4H2,1-3H3,(H,17,18,19). The van der Waals surface area contributed by atoms with Crippen molar-refractivity contribution >= 4 is 38.9 Å². The predicted octanol–water partition coefficient (Wildman–Crippen LogP) is 2.56. The summed E-state index contributed by atoms with van der Waals surface area (Å²) in [5.74, 6) is 0.538. The Morgan fingerprint density at radius 2 is 1.92 bits per heavy atom. The van der Waals surface area contributed by atoms with Gasteiger partial charge in [0.05, 0.1) is 11.1 Å². The predicted molar refractivity (Wildman–Crippen MR) is 94.8 cm³/mol. The Labute approximate surface area is 144 Å². The van der Waals surface area contributed by atoms with E-state index in [4.69, 9.17) is 0 Å². The zero-order valence-corrected chi connectivity index (χ0v) is 15.1. The molecule has 0 atom stereocenters. The maximum absolute atomic E-state index is 11.5. The van der Waals surface area contributed by atoms with Gasteiger partial charge in [-0.05, 0) is 36.9 Å². The maximum Gasteiger partial charge on any atom is 0.232 e. The van der Waals surface area contributed by atoms with E-state index in [0.717, 1.165) is 23.3 Å². The van der Waals surface area contributed by atoms with Crippen molar-refractivity contribution in [2.45, 2.75) is 23.4 Å². The van der Waals surface area contributed by atoms with Crippen LogP contribution in [-0.2, 0) is 16.3 Å². The summed E-state index contributed by atoms with van der Waals surface area (Å²) in [6.07, 6.45) is 5.71. The minimum atomic E-state index is -3.21. The van der Waals surface area contributed by atoms with Crippen molar-refractivity contribution in [1.82, 2.24) is 19.6 Å². The third-order valence-corrected chi connectivity index (χ3v) is 5.20. The summed E-state index contributed by atoms with van der Waals surface area (Å²) in [6, 6.07) is 6.53. The van der Waals surface area contributed by atoms with Gasteiger partial charge < -0.3 is 5.32 Å². The van der Waals surface area contributed by atoms with Gasteiger partial charge in [0, 0.05) is 17.5 Å². The van der Waals surface area contributed by atoms with Gasteiger partial charge in [0.25, 0.3) is 0 Å². The zero-order valence-electron chi connectivity index (χ0n) is 13.5. The van der Waals surface area contributed by atoms with E-state index < -0.39 is 9.84 Å². The van der Waals surface area contributed by atoms with Crippen LogP contribution >= 0.6 is 11.8 Å². The number of benzene rings is 1. The van der Waals surface area contributed by atoms with Crippen molar-refractivity contribution in [1.29, 1.82) is 0 Å². The average molecular weight is 363 g/mol. The van der Waals surface area contributed by atoms with E-state index in [1.54, 1.807) is 35.0 Å². The molecule has 3 aromatic rings. The van der Waals surface area contributed by atoms with E-state index in [9.17, 15) is 8.42 Å². The fourth-order valence-electron chi connectivity index (χ4n) is 2.24. The number of nitrogens with zero attached hydrogens (tertiary/aromatic N) is 4. The lowest BCUT2D eigenvalue weighted by Crippen LogP contribution is -2.06. The second-order valence-electron chi connectivity index (χ2n) is 5.21. The molecule has 0 aliphatic carbocycles. The monoisotopic (exact) mass is 363 g/mol. The van der Waals surface area contributed by atoms with Gasteiger partial charge in [-0.2, -0.15) is 14.6 Å². The molecule has 0 amide bonds. The van der Waals surface area contributed by atoms with Gasteiger partial charge in [-0.1, -0.05) is 18.7 Å². The third-order valence-electron chi connectivity index (χ3n) is 3.52. The molecule has 7 nitrogen and oxygen atoms in total. The quantitative estimate of drug-likeness (QED) is 0.697. The number of nitrogens with one attached hydrogen (secondary N) is 1. The Morgan fingerprint density at radius 1 is 1.21 bits per heavy atom. The fraction of sp³-hybridized carbons (Fsp3) is 0.267. The van der Waals surface area contributed by atoms with Crippen LogP contribution in [0.4, 0.5) is 11.6 Å². The van der Waals surface area contributed by atoms with Crippen molar-refractivity contribution in [3.05, 3.63) is 36.0 Å². The van der Waals surface area contributed by atoms with Crippen molar-refractivity contribution in [2.75, 3.05) is 17.8 Å². The molecule has 126 valence electrons. The number of thioether (sulfide) groups is 1. The summed E-state index contributed by atoms with van der Waals surface area (Å²) in [6.45, 7) is 2.05. The lowest BCUT2D eigenvalue weighted by atomic mass is 10.3. The molecule has 2 aromatic heterocycles. The highest BCUT2D eigenvalue weighted by Crippen LogP contribution is 2.22. The summed E-state index contributed by atoms with van der Waals surface area (Å²) >= 11 is 1.45. The van der Waals surface area contributed by atoms with Gasteiger partial charge in [-0.3, -0.25) is 0 Å². The first-order valence-electron chi connectivity index (χ1n) is 7.28. The maximum atomic E-state index is 11.5. The van der Waals surface area contributed by atoms with E-state index in [0.29, 0.717) is 11.1 Å². The Balaban J connectivity index is 2.02. The van der Waals surface area contributed by atoms with Crippen molar-refractivity contribution in [2.24, 2.45) is 0 Å². The Bertz CT molecular complexity index is 981. The molecule has 2 heterocycles. The summed E-state index contributed by atoms with van der Waals surface area (Å²) in [5, 5.41) is 8.17. The molecule has 0 unspecified atom stereocenters. The highest BCUT2D eigenvalue weighted by molar-refractivity contribution is 7.98. The average Bonchev–Trinajstić information content (AvgIpc) is 2.97. The molecule has 0 saturated carbocycles. The molecule has 0 saturated heterocycles. The molecule has 24 heavy (non-hydrogen) atoms. The lowest BCUT2D eigenvalue weighted by Gasteiger charge is -2.09. The van der Waals surface area contributed by atoms with Crippen LogP contribution in [0.5, 0.6) is 0 Å². The van der Waals surface area contributed by atoms with E-state index in [1.165, 1.54) is 18.0 Å². The number of sulfone groups is 1. The summed E-state index contributed by atoms with van der Waals surface area (Å²) in [4.78, 5) is 9.24. The van der Waals surface area contributed by atoms with E-state index in [2.05, 4.69) is 27.3 Å². The summed E-state index contributed by atoms with van der Waals surface area (Å²) < 4.78 is 24.7. The molecule has 0 aliphatic rings. The van der Waals surface area contributed by atoms with Crippen LogP contribution in [0.1, 0.15) is 12.5 Å². The zero-order chi connectivity index (χ0) is 17.3. The van der Waals surface area contributed by atoms with Gasteiger partial charge in [0.15, 0.2) is 20.6 Å². The molecule has 1 aromatic carbocycles. The van der Waals surface area contributed by atoms with E-state index in [-0.39, 0.29) is 4.90 Å². The highest BCUT2D eigenvalue weighted by atomic mass is 32.2. The summed E-state index contributed by atoms with van der Waals surface area (Å²) in [5.41, 5.74) is 2.54. The molecular formula is C15H17N5O2S2. The number of anilines is 2. The van der Waals surface area contributed by atoms with Gasteiger partial charge in [-0.25, -0.2) is 13.4 Å². The van der Waals surface area contributed by atoms with Crippen LogP contribution in [0, 0.1) is 0 Å². The largest absolute Gasteiger partial charge is 0.324 e. The Hall–Kier alpha value is -2.13. The van der Waals surface area contributed by atoms with Gasteiger partial charge in [0.1, 0.15) is 0 Å². The smallest absolute Gasteiger partial charge is 0.232 e. The van der Waals surface area contributed by atoms with Crippen molar-refractivity contribution in [3.63, 3.8) is 0 Å². The van der Waals surface area contributed by atoms with Crippen molar-refractivity contribution in [3.8, 4) is 0 Å². The second kappa shape index (κ2) is 6.40. The third kappa shape index (κ3) is 3.22. The molecule has 0 spiro atoms. The first kappa shape index (κ1) is 16.7. The van der Waals surface area contributed by atoms with Crippen LogP contribution in [0.15, 0.2) is 40.5 Å². The number of fused-ring (bicyclic) bond motifs is 1. The molecule has 0 aliphatic heterocycles. The number of aryl methyl sites for hydroxylation is 1. The van der Waals surface area contributed by atoms with Gasteiger partial charge in [0.2, 0.25) is 5.95 Å². The minimum absolute atomic E-state index is 0.276.